The molecule has 0 aromatic heterocycles. The normalized spacial score (nSPS) is 32.2. The Morgan fingerprint density at radius 2 is 1.95 bits per heavy atom. The van der Waals surface area contributed by atoms with Crippen LogP contribution < -0.4 is 5.73 Å². The van der Waals surface area contributed by atoms with Crippen LogP contribution in [-0.4, -0.2) is 47.6 Å². The molecule has 116 valence electrons. The molecule has 0 bridgehead atoms. The smallest absolute Gasteiger partial charge is 0.0236 e. The molecule has 3 heteroatoms. The molecule has 2 saturated heterocycles. The maximum Gasteiger partial charge on any atom is 0.0236 e. The predicted molar refractivity (Wildman–Crippen MR) is 88.1 cm³/mol. The molecule has 3 rings (SSSR count). The van der Waals surface area contributed by atoms with Crippen LogP contribution in [0.4, 0.5) is 0 Å². The minimum atomic E-state index is 0.399. The van der Waals surface area contributed by atoms with Crippen LogP contribution in [0.1, 0.15) is 38.2 Å². The van der Waals surface area contributed by atoms with E-state index in [1.807, 2.05) is 0 Å². The van der Waals surface area contributed by atoms with Crippen LogP contribution >= 0.6 is 0 Å². The second-order valence-corrected chi connectivity index (χ2v) is 6.88. The summed E-state index contributed by atoms with van der Waals surface area (Å²) >= 11 is 0. The van der Waals surface area contributed by atoms with E-state index in [0.29, 0.717) is 12.1 Å². The van der Waals surface area contributed by atoms with Crippen molar-refractivity contribution in [3.05, 3.63) is 35.9 Å². The lowest BCUT2D eigenvalue weighted by atomic mass is 9.93. The van der Waals surface area contributed by atoms with Gasteiger partial charge in [-0.05, 0) is 44.7 Å². The molecule has 0 amide bonds. The zero-order chi connectivity index (χ0) is 14.7. The van der Waals surface area contributed by atoms with E-state index in [9.17, 15) is 0 Å². The molecule has 0 aliphatic carbocycles. The molecule has 0 radical (unpaired) electrons. The van der Waals surface area contributed by atoms with E-state index in [1.165, 1.54) is 44.3 Å². The maximum absolute atomic E-state index is 6.14. The van der Waals surface area contributed by atoms with E-state index in [0.717, 1.165) is 19.1 Å². The number of likely N-dealkylation sites (tertiary alicyclic amines) is 2. The first-order valence-corrected chi connectivity index (χ1v) is 8.50. The van der Waals surface area contributed by atoms with Crippen molar-refractivity contribution in [2.45, 2.75) is 57.3 Å². The molecule has 2 aliphatic heterocycles. The minimum absolute atomic E-state index is 0.399. The summed E-state index contributed by atoms with van der Waals surface area (Å²) in [6, 6.07) is 12.7. The quantitative estimate of drug-likeness (QED) is 0.927. The standard InChI is InChI=1S/C18H29N3/c1-15-12-18(21-10-5-8-17(19)14-21)9-11-20(15)13-16-6-3-2-4-7-16/h2-4,6-7,15,17-18H,5,8-14,19H2,1H3. The third-order valence-electron chi connectivity index (χ3n) is 5.22. The highest BCUT2D eigenvalue weighted by Crippen LogP contribution is 2.25. The fourth-order valence-electron chi connectivity index (χ4n) is 3.95. The summed E-state index contributed by atoms with van der Waals surface area (Å²) in [7, 11) is 0. The molecule has 3 atom stereocenters. The second-order valence-electron chi connectivity index (χ2n) is 6.88. The van der Waals surface area contributed by atoms with Gasteiger partial charge in [0.25, 0.3) is 0 Å². The number of piperidine rings is 2. The molecule has 2 heterocycles. The van der Waals surface area contributed by atoms with Crippen molar-refractivity contribution >= 4 is 0 Å². The van der Waals surface area contributed by atoms with Gasteiger partial charge in [0.15, 0.2) is 0 Å². The Kier molecular flexibility index (Phi) is 4.94. The van der Waals surface area contributed by atoms with Crippen molar-refractivity contribution in [2.24, 2.45) is 5.73 Å². The third-order valence-corrected chi connectivity index (χ3v) is 5.22. The first-order valence-electron chi connectivity index (χ1n) is 8.50. The summed E-state index contributed by atoms with van der Waals surface area (Å²) in [4.78, 5) is 5.29. The van der Waals surface area contributed by atoms with Gasteiger partial charge in [0.2, 0.25) is 0 Å². The van der Waals surface area contributed by atoms with E-state index in [2.05, 4.69) is 47.1 Å². The van der Waals surface area contributed by atoms with E-state index >= 15 is 0 Å². The van der Waals surface area contributed by atoms with Gasteiger partial charge in [-0.15, -0.1) is 0 Å². The van der Waals surface area contributed by atoms with Gasteiger partial charge in [-0.25, -0.2) is 0 Å². The molecule has 3 unspecified atom stereocenters. The van der Waals surface area contributed by atoms with Crippen molar-refractivity contribution in [3.8, 4) is 0 Å². The van der Waals surface area contributed by atoms with Crippen LogP contribution in [0.25, 0.3) is 0 Å². The second kappa shape index (κ2) is 6.91. The Balaban J connectivity index is 1.54. The average molecular weight is 287 g/mol. The zero-order valence-electron chi connectivity index (χ0n) is 13.2. The van der Waals surface area contributed by atoms with Gasteiger partial charge in [0, 0.05) is 37.8 Å². The Hall–Kier alpha value is -0.900. The van der Waals surface area contributed by atoms with Gasteiger partial charge in [-0.3, -0.25) is 9.80 Å². The monoisotopic (exact) mass is 287 g/mol. The molecule has 2 N–H and O–H groups in total. The molecule has 2 fully saturated rings. The Bertz CT molecular complexity index is 433. The third kappa shape index (κ3) is 3.85. The lowest BCUT2D eigenvalue weighted by Crippen LogP contribution is -2.53. The van der Waals surface area contributed by atoms with Crippen molar-refractivity contribution in [1.82, 2.24) is 9.80 Å². The van der Waals surface area contributed by atoms with E-state index in [1.54, 1.807) is 0 Å². The van der Waals surface area contributed by atoms with Crippen LogP contribution in [0.5, 0.6) is 0 Å². The van der Waals surface area contributed by atoms with Gasteiger partial charge < -0.3 is 5.73 Å². The number of hydrogen-bond donors (Lipinski definition) is 1. The Morgan fingerprint density at radius 1 is 1.14 bits per heavy atom. The minimum Gasteiger partial charge on any atom is -0.327 e. The molecular formula is C18H29N3. The SMILES string of the molecule is CC1CC(N2CCCC(N)C2)CCN1Cc1ccccc1. The summed E-state index contributed by atoms with van der Waals surface area (Å²) in [5, 5.41) is 0. The first kappa shape index (κ1) is 15.0. The summed E-state index contributed by atoms with van der Waals surface area (Å²) in [6.45, 7) is 7.06. The topological polar surface area (TPSA) is 32.5 Å². The van der Waals surface area contributed by atoms with Gasteiger partial charge in [-0.2, -0.15) is 0 Å². The van der Waals surface area contributed by atoms with Crippen LogP contribution in [0.15, 0.2) is 30.3 Å². The molecule has 1 aromatic rings. The van der Waals surface area contributed by atoms with Gasteiger partial charge >= 0.3 is 0 Å². The number of benzene rings is 1. The van der Waals surface area contributed by atoms with Crippen LogP contribution in [0.3, 0.4) is 0 Å². The van der Waals surface area contributed by atoms with E-state index in [-0.39, 0.29) is 0 Å². The molecule has 3 nitrogen and oxygen atoms in total. The number of hydrogen-bond acceptors (Lipinski definition) is 3. The highest BCUT2D eigenvalue weighted by atomic mass is 15.2. The molecule has 21 heavy (non-hydrogen) atoms. The lowest BCUT2D eigenvalue weighted by Gasteiger charge is -2.44. The zero-order valence-corrected chi connectivity index (χ0v) is 13.2. The number of nitrogens with two attached hydrogens (primary N) is 1. The maximum atomic E-state index is 6.14. The van der Waals surface area contributed by atoms with Crippen LogP contribution in [0.2, 0.25) is 0 Å². The Morgan fingerprint density at radius 3 is 2.67 bits per heavy atom. The summed E-state index contributed by atoms with van der Waals surface area (Å²) < 4.78 is 0. The van der Waals surface area contributed by atoms with Gasteiger partial charge in [0.05, 0.1) is 0 Å². The largest absolute Gasteiger partial charge is 0.327 e. The highest BCUT2D eigenvalue weighted by Gasteiger charge is 2.31. The van der Waals surface area contributed by atoms with E-state index in [4.69, 9.17) is 5.73 Å². The van der Waals surface area contributed by atoms with Gasteiger partial charge in [0.1, 0.15) is 0 Å². The van der Waals surface area contributed by atoms with Gasteiger partial charge in [-0.1, -0.05) is 30.3 Å². The number of rotatable bonds is 3. The van der Waals surface area contributed by atoms with Crippen molar-refractivity contribution < 1.29 is 0 Å². The summed E-state index contributed by atoms with van der Waals surface area (Å²) in [6.07, 6.45) is 5.07. The van der Waals surface area contributed by atoms with Crippen molar-refractivity contribution in [3.63, 3.8) is 0 Å². The van der Waals surface area contributed by atoms with Crippen LogP contribution in [-0.2, 0) is 6.54 Å². The van der Waals surface area contributed by atoms with Crippen molar-refractivity contribution in [1.29, 1.82) is 0 Å². The van der Waals surface area contributed by atoms with Crippen LogP contribution in [0, 0.1) is 0 Å². The predicted octanol–water partition coefficient (Wildman–Crippen LogP) is 2.46. The number of nitrogens with zero attached hydrogens (tertiary/aromatic N) is 2. The average Bonchev–Trinajstić information content (AvgIpc) is 2.50. The molecule has 0 saturated carbocycles. The van der Waals surface area contributed by atoms with Crippen molar-refractivity contribution in [2.75, 3.05) is 19.6 Å². The fourth-order valence-corrected chi connectivity index (χ4v) is 3.95. The fraction of sp³-hybridized carbons (Fsp3) is 0.667. The molecule has 1 aromatic carbocycles. The van der Waals surface area contributed by atoms with E-state index < -0.39 is 0 Å². The molecule has 0 spiro atoms. The molecule has 2 aliphatic rings. The first-order chi connectivity index (χ1) is 10.2. The Labute approximate surface area is 129 Å². The lowest BCUT2D eigenvalue weighted by molar-refractivity contribution is 0.0530. The highest BCUT2D eigenvalue weighted by molar-refractivity contribution is 5.14. The summed E-state index contributed by atoms with van der Waals surface area (Å²) in [5.41, 5.74) is 7.58. The molecular weight excluding hydrogens is 258 g/mol. The summed E-state index contributed by atoms with van der Waals surface area (Å²) in [5.74, 6) is 0.